The first kappa shape index (κ1) is 21.1. The molecule has 2 rings (SSSR count). The van der Waals surface area contributed by atoms with Gasteiger partial charge in [0.2, 0.25) is 5.91 Å². The van der Waals surface area contributed by atoms with Gasteiger partial charge in [-0.2, -0.15) is 0 Å². The van der Waals surface area contributed by atoms with Gasteiger partial charge in [-0.1, -0.05) is 30.3 Å². The van der Waals surface area contributed by atoms with Crippen molar-refractivity contribution in [3.8, 4) is 0 Å². The molecule has 0 saturated heterocycles. The summed E-state index contributed by atoms with van der Waals surface area (Å²) in [6, 6.07) is 9.96. The van der Waals surface area contributed by atoms with E-state index in [1.165, 1.54) is 11.3 Å². The maximum absolute atomic E-state index is 12.7. The Morgan fingerprint density at radius 2 is 2.00 bits per heavy atom. The molecule has 0 N–H and O–H groups in total. The fourth-order valence-corrected chi connectivity index (χ4v) is 3.37. The number of methoxy groups -OCH3 is 1. The van der Waals surface area contributed by atoms with Crippen LogP contribution in [-0.4, -0.2) is 48.6 Å². The van der Waals surface area contributed by atoms with Gasteiger partial charge < -0.3 is 14.4 Å². The molecule has 27 heavy (non-hydrogen) atoms. The van der Waals surface area contributed by atoms with Crippen LogP contribution in [0.15, 0.2) is 35.7 Å². The minimum absolute atomic E-state index is 0.0721. The van der Waals surface area contributed by atoms with E-state index in [0.29, 0.717) is 44.8 Å². The summed E-state index contributed by atoms with van der Waals surface area (Å²) in [5, 5.41) is 2.40. The average molecular weight is 391 g/mol. The predicted octanol–water partition coefficient (Wildman–Crippen LogP) is 3.32. The Balaban J connectivity index is 1.98. The first-order valence-corrected chi connectivity index (χ1v) is 9.94. The molecule has 0 bridgehead atoms. The molecule has 6 nitrogen and oxygen atoms in total. The lowest BCUT2D eigenvalue weighted by Crippen LogP contribution is -2.32. The van der Waals surface area contributed by atoms with Crippen LogP contribution < -0.4 is 0 Å². The molecule has 0 saturated carbocycles. The van der Waals surface area contributed by atoms with E-state index in [4.69, 9.17) is 9.47 Å². The van der Waals surface area contributed by atoms with Gasteiger partial charge in [0, 0.05) is 32.1 Å². The predicted molar refractivity (Wildman–Crippen MR) is 105 cm³/mol. The minimum atomic E-state index is -0.429. The number of amides is 1. The van der Waals surface area contributed by atoms with E-state index in [1.54, 1.807) is 24.3 Å². The van der Waals surface area contributed by atoms with Crippen LogP contribution in [0.1, 0.15) is 40.8 Å². The number of carbonyl (C=O) groups is 2. The number of ether oxygens (including phenoxy) is 2. The van der Waals surface area contributed by atoms with Gasteiger partial charge in [-0.05, 0) is 25.3 Å². The molecule has 1 aromatic heterocycles. The Labute approximate surface area is 164 Å². The van der Waals surface area contributed by atoms with Crippen molar-refractivity contribution < 1.29 is 19.1 Å². The van der Waals surface area contributed by atoms with Gasteiger partial charge in [0.05, 0.1) is 13.2 Å². The molecular weight excluding hydrogens is 364 g/mol. The Bertz CT molecular complexity index is 718. The van der Waals surface area contributed by atoms with E-state index in [2.05, 4.69) is 4.98 Å². The molecule has 7 heteroatoms. The first-order valence-electron chi connectivity index (χ1n) is 9.06. The van der Waals surface area contributed by atoms with Crippen molar-refractivity contribution in [1.29, 1.82) is 0 Å². The van der Waals surface area contributed by atoms with Gasteiger partial charge in [0.15, 0.2) is 5.69 Å². The number of aryl methyl sites for hydroxylation is 1. The summed E-state index contributed by atoms with van der Waals surface area (Å²) in [5.74, 6) is -0.357. The highest BCUT2D eigenvalue weighted by Gasteiger charge is 2.18. The third-order valence-electron chi connectivity index (χ3n) is 3.96. The Hall–Kier alpha value is -2.25. The lowest BCUT2D eigenvalue weighted by atomic mass is 10.1. The fraction of sp³-hybridized carbons (Fsp3) is 0.450. The molecule has 1 amide bonds. The first-order chi connectivity index (χ1) is 13.1. The second-order valence-corrected chi connectivity index (χ2v) is 6.94. The van der Waals surface area contributed by atoms with Crippen LogP contribution in [0.4, 0.5) is 0 Å². The van der Waals surface area contributed by atoms with Gasteiger partial charge in [-0.3, -0.25) is 4.79 Å². The number of benzene rings is 1. The maximum atomic E-state index is 12.7. The van der Waals surface area contributed by atoms with Gasteiger partial charge in [0.25, 0.3) is 0 Å². The molecular formula is C20H26N2O4S. The summed E-state index contributed by atoms with van der Waals surface area (Å²) in [6.45, 7) is 3.65. The largest absolute Gasteiger partial charge is 0.461 e. The van der Waals surface area contributed by atoms with E-state index < -0.39 is 5.97 Å². The molecule has 0 spiro atoms. The normalized spacial score (nSPS) is 10.6. The number of hydrogen-bond donors (Lipinski definition) is 0. The molecule has 0 fully saturated rings. The Kier molecular flexibility index (Phi) is 8.94. The van der Waals surface area contributed by atoms with Crippen LogP contribution in [0.5, 0.6) is 0 Å². The standard InChI is InChI=1S/C20H26N2O4S/c1-3-26-20(24)17-15-27-18(21-17)14-22(12-7-13-25-2)19(23)11-10-16-8-5-4-6-9-16/h4-6,8-9,15H,3,7,10-14H2,1-2H3. The van der Waals surface area contributed by atoms with E-state index in [9.17, 15) is 9.59 Å². The Morgan fingerprint density at radius 1 is 1.22 bits per heavy atom. The second-order valence-electron chi connectivity index (χ2n) is 5.99. The summed E-state index contributed by atoms with van der Waals surface area (Å²) in [7, 11) is 1.65. The topological polar surface area (TPSA) is 68.7 Å². The summed E-state index contributed by atoms with van der Waals surface area (Å²) < 4.78 is 10.1. The zero-order valence-electron chi connectivity index (χ0n) is 15.8. The van der Waals surface area contributed by atoms with Crippen LogP contribution in [0.25, 0.3) is 0 Å². The van der Waals surface area contributed by atoms with Crippen LogP contribution in [0.3, 0.4) is 0 Å². The zero-order valence-corrected chi connectivity index (χ0v) is 16.7. The van der Waals surface area contributed by atoms with Crippen molar-refractivity contribution in [2.45, 2.75) is 32.7 Å². The fourth-order valence-electron chi connectivity index (χ4n) is 2.59. The van der Waals surface area contributed by atoms with Crippen molar-refractivity contribution in [2.75, 3.05) is 26.9 Å². The maximum Gasteiger partial charge on any atom is 0.357 e. The molecule has 2 aromatic rings. The summed E-state index contributed by atoms with van der Waals surface area (Å²) in [4.78, 5) is 30.6. The third kappa shape index (κ3) is 7.11. The molecule has 146 valence electrons. The van der Waals surface area contributed by atoms with Crippen molar-refractivity contribution >= 4 is 23.2 Å². The van der Waals surface area contributed by atoms with Crippen molar-refractivity contribution in [2.24, 2.45) is 0 Å². The van der Waals surface area contributed by atoms with Crippen LogP contribution in [0.2, 0.25) is 0 Å². The molecule has 1 aromatic carbocycles. The SMILES string of the molecule is CCOC(=O)c1csc(CN(CCCOC)C(=O)CCc2ccccc2)n1. The molecule has 0 aliphatic carbocycles. The molecule has 0 aliphatic heterocycles. The number of rotatable bonds is 11. The lowest BCUT2D eigenvalue weighted by molar-refractivity contribution is -0.132. The highest BCUT2D eigenvalue weighted by atomic mass is 32.1. The molecule has 0 radical (unpaired) electrons. The molecule has 0 atom stereocenters. The average Bonchev–Trinajstić information content (AvgIpc) is 3.15. The summed E-state index contributed by atoms with van der Waals surface area (Å²) in [5.41, 5.74) is 1.44. The summed E-state index contributed by atoms with van der Waals surface area (Å²) >= 11 is 1.37. The highest BCUT2D eigenvalue weighted by molar-refractivity contribution is 7.09. The zero-order chi connectivity index (χ0) is 19.5. The number of nitrogens with zero attached hydrogens (tertiary/aromatic N) is 2. The number of esters is 1. The minimum Gasteiger partial charge on any atom is -0.461 e. The molecule has 0 aliphatic rings. The van der Waals surface area contributed by atoms with Gasteiger partial charge in [0.1, 0.15) is 5.01 Å². The number of thiazole rings is 1. The van der Waals surface area contributed by atoms with Gasteiger partial charge in [-0.25, -0.2) is 9.78 Å². The highest BCUT2D eigenvalue weighted by Crippen LogP contribution is 2.15. The van der Waals surface area contributed by atoms with Crippen LogP contribution in [-0.2, 0) is 27.2 Å². The lowest BCUT2D eigenvalue weighted by Gasteiger charge is -2.21. The second kappa shape index (κ2) is 11.5. The van der Waals surface area contributed by atoms with Crippen molar-refractivity contribution in [1.82, 2.24) is 9.88 Å². The van der Waals surface area contributed by atoms with Gasteiger partial charge in [-0.15, -0.1) is 11.3 Å². The van der Waals surface area contributed by atoms with Crippen molar-refractivity contribution in [3.63, 3.8) is 0 Å². The number of carbonyl (C=O) groups excluding carboxylic acids is 2. The van der Waals surface area contributed by atoms with E-state index in [1.807, 2.05) is 30.3 Å². The van der Waals surface area contributed by atoms with E-state index >= 15 is 0 Å². The van der Waals surface area contributed by atoms with E-state index in [-0.39, 0.29) is 5.91 Å². The van der Waals surface area contributed by atoms with E-state index in [0.717, 1.165) is 17.0 Å². The number of aromatic nitrogens is 1. The quantitative estimate of drug-likeness (QED) is 0.435. The van der Waals surface area contributed by atoms with Crippen LogP contribution in [0, 0.1) is 0 Å². The van der Waals surface area contributed by atoms with Crippen molar-refractivity contribution in [3.05, 3.63) is 52.0 Å². The van der Waals surface area contributed by atoms with Crippen LogP contribution >= 0.6 is 11.3 Å². The Morgan fingerprint density at radius 3 is 2.70 bits per heavy atom. The molecule has 0 unspecified atom stereocenters. The van der Waals surface area contributed by atoms with Gasteiger partial charge >= 0.3 is 5.97 Å². The number of hydrogen-bond acceptors (Lipinski definition) is 6. The molecule has 1 heterocycles. The smallest absolute Gasteiger partial charge is 0.357 e. The third-order valence-corrected chi connectivity index (χ3v) is 4.80. The monoisotopic (exact) mass is 390 g/mol. The summed E-state index contributed by atoms with van der Waals surface area (Å²) in [6.07, 6.45) is 1.89.